The number of rotatable bonds is 5. The fourth-order valence-corrected chi connectivity index (χ4v) is 2.02. The first kappa shape index (κ1) is 15.5. The Labute approximate surface area is 126 Å². The van der Waals surface area contributed by atoms with Gasteiger partial charge in [-0.25, -0.2) is 4.79 Å². The third kappa shape index (κ3) is 3.81. The smallest absolute Gasteiger partial charge is 0.329 e. The molecule has 1 atom stereocenters. The first-order valence-electron chi connectivity index (χ1n) is 6.62. The third-order valence-electron chi connectivity index (χ3n) is 3.09. The summed E-state index contributed by atoms with van der Waals surface area (Å²) in [6.07, 6.45) is 0.613. The molecule has 1 aromatic carbocycles. The number of ether oxygens (including phenoxy) is 1. The Hall–Kier alpha value is -2.90. The topological polar surface area (TPSA) is 128 Å². The van der Waals surface area contributed by atoms with Crippen LogP contribution in [0.5, 0.6) is 0 Å². The fraction of sp³-hybridized carbons (Fsp3) is 0.286. The van der Waals surface area contributed by atoms with Crippen molar-refractivity contribution in [1.82, 2.24) is 5.32 Å². The normalized spacial score (nSPS) is 16.7. The maximum atomic E-state index is 11.7. The van der Waals surface area contributed by atoms with Crippen LogP contribution in [0.25, 0.3) is 0 Å². The summed E-state index contributed by atoms with van der Waals surface area (Å²) in [6, 6.07) is 5.51. The van der Waals surface area contributed by atoms with Crippen molar-refractivity contribution in [2.45, 2.75) is 18.9 Å². The molecule has 8 heteroatoms. The van der Waals surface area contributed by atoms with E-state index in [4.69, 9.17) is 10.5 Å². The van der Waals surface area contributed by atoms with Gasteiger partial charge in [0.05, 0.1) is 11.3 Å². The van der Waals surface area contributed by atoms with Crippen LogP contribution in [-0.4, -0.2) is 36.3 Å². The van der Waals surface area contributed by atoms with Gasteiger partial charge in [-0.15, -0.1) is 0 Å². The quantitative estimate of drug-likeness (QED) is 0.635. The number of amides is 3. The molecule has 22 heavy (non-hydrogen) atoms. The largest absolute Gasteiger partial charge is 0.454 e. The predicted octanol–water partition coefficient (Wildman–Crippen LogP) is -0.454. The van der Waals surface area contributed by atoms with E-state index in [0.29, 0.717) is 6.42 Å². The number of para-hydroxylation sites is 1. The summed E-state index contributed by atoms with van der Waals surface area (Å²) < 4.78 is 4.83. The molecule has 1 heterocycles. The van der Waals surface area contributed by atoms with Crippen LogP contribution in [0.2, 0.25) is 0 Å². The van der Waals surface area contributed by atoms with E-state index in [1.807, 2.05) is 0 Å². The fourth-order valence-electron chi connectivity index (χ4n) is 2.02. The minimum absolute atomic E-state index is 0.158. The molecule has 1 aliphatic rings. The SMILES string of the molecule is NC(=O)c1ccccc1NC(=O)COC(=O)C1CCC(=O)N1. The van der Waals surface area contributed by atoms with Crippen molar-refractivity contribution in [3.8, 4) is 0 Å². The Morgan fingerprint density at radius 3 is 2.68 bits per heavy atom. The van der Waals surface area contributed by atoms with Crippen molar-refractivity contribution in [3.63, 3.8) is 0 Å². The van der Waals surface area contributed by atoms with Crippen molar-refractivity contribution >= 4 is 29.4 Å². The van der Waals surface area contributed by atoms with Gasteiger partial charge in [-0.3, -0.25) is 14.4 Å². The van der Waals surface area contributed by atoms with E-state index in [9.17, 15) is 19.2 Å². The van der Waals surface area contributed by atoms with Crippen molar-refractivity contribution in [2.24, 2.45) is 5.73 Å². The summed E-state index contributed by atoms with van der Waals surface area (Å²) in [6.45, 7) is -0.516. The molecule has 2 rings (SSSR count). The molecule has 1 aliphatic heterocycles. The zero-order valence-electron chi connectivity index (χ0n) is 11.6. The molecule has 0 bridgehead atoms. The average Bonchev–Trinajstić information content (AvgIpc) is 2.92. The molecular weight excluding hydrogens is 290 g/mol. The summed E-state index contributed by atoms with van der Waals surface area (Å²) in [4.78, 5) is 45.6. The molecule has 1 saturated heterocycles. The number of esters is 1. The van der Waals surface area contributed by atoms with Gasteiger partial charge >= 0.3 is 5.97 Å². The lowest BCUT2D eigenvalue weighted by molar-refractivity contribution is -0.149. The second-order valence-corrected chi connectivity index (χ2v) is 4.72. The second-order valence-electron chi connectivity index (χ2n) is 4.72. The Morgan fingerprint density at radius 2 is 2.05 bits per heavy atom. The lowest BCUT2D eigenvalue weighted by atomic mass is 10.1. The summed E-state index contributed by atoms with van der Waals surface area (Å²) in [5, 5.41) is 4.89. The van der Waals surface area contributed by atoms with Gasteiger partial charge in [0.1, 0.15) is 6.04 Å². The van der Waals surface area contributed by atoms with Crippen molar-refractivity contribution in [3.05, 3.63) is 29.8 Å². The van der Waals surface area contributed by atoms with Crippen molar-refractivity contribution in [1.29, 1.82) is 0 Å². The number of primary amides is 1. The number of carbonyl (C=O) groups excluding carboxylic acids is 4. The van der Waals surface area contributed by atoms with Gasteiger partial charge in [0.2, 0.25) is 5.91 Å². The molecule has 1 aromatic rings. The maximum Gasteiger partial charge on any atom is 0.329 e. The first-order chi connectivity index (χ1) is 10.5. The van der Waals surface area contributed by atoms with Crippen LogP contribution in [0.4, 0.5) is 5.69 Å². The minimum atomic E-state index is -0.710. The molecule has 0 aromatic heterocycles. The highest BCUT2D eigenvalue weighted by atomic mass is 16.5. The number of hydrogen-bond acceptors (Lipinski definition) is 5. The van der Waals surface area contributed by atoms with Crippen molar-refractivity contribution in [2.75, 3.05) is 11.9 Å². The maximum absolute atomic E-state index is 11.7. The summed E-state index contributed by atoms with van der Waals surface area (Å²) in [5.74, 6) is -2.17. The van der Waals surface area contributed by atoms with Crippen molar-refractivity contribution < 1.29 is 23.9 Å². The van der Waals surface area contributed by atoms with E-state index >= 15 is 0 Å². The van der Waals surface area contributed by atoms with Gasteiger partial charge in [-0.1, -0.05) is 12.1 Å². The number of nitrogens with one attached hydrogen (secondary N) is 2. The lowest BCUT2D eigenvalue weighted by Crippen LogP contribution is -2.36. The number of hydrogen-bond donors (Lipinski definition) is 3. The van der Waals surface area contributed by atoms with E-state index in [0.717, 1.165) is 0 Å². The highest BCUT2D eigenvalue weighted by Gasteiger charge is 2.28. The summed E-state index contributed by atoms with van der Waals surface area (Å²) in [7, 11) is 0. The number of nitrogens with two attached hydrogens (primary N) is 1. The Kier molecular flexibility index (Phi) is 4.72. The molecule has 3 amide bonds. The van der Waals surface area contributed by atoms with E-state index in [1.165, 1.54) is 12.1 Å². The van der Waals surface area contributed by atoms with E-state index in [1.54, 1.807) is 12.1 Å². The molecule has 0 spiro atoms. The summed E-state index contributed by atoms with van der Waals surface area (Å²) >= 11 is 0. The highest BCUT2D eigenvalue weighted by Crippen LogP contribution is 2.14. The van der Waals surface area contributed by atoms with E-state index in [2.05, 4.69) is 10.6 Å². The molecule has 1 fully saturated rings. The summed E-state index contributed by atoms with van der Waals surface area (Å²) in [5.41, 5.74) is 5.59. The molecule has 0 radical (unpaired) electrons. The van der Waals surface area contributed by atoms with Gasteiger partial charge in [-0.05, 0) is 18.6 Å². The second kappa shape index (κ2) is 6.70. The van der Waals surface area contributed by atoms with Crippen LogP contribution >= 0.6 is 0 Å². The third-order valence-corrected chi connectivity index (χ3v) is 3.09. The van der Waals surface area contributed by atoms with Gasteiger partial charge in [0.15, 0.2) is 6.61 Å². The highest BCUT2D eigenvalue weighted by molar-refractivity contribution is 6.03. The molecule has 8 nitrogen and oxygen atoms in total. The Balaban J connectivity index is 1.87. The van der Waals surface area contributed by atoms with Gasteiger partial charge in [0.25, 0.3) is 11.8 Å². The molecule has 0 aliphatic carbocycles. The number of anilines is 1. The lowest BCUT2D eigenvalue weighted by Gasteiger charge is -2.11. The van der Waals surface area contributed by atoms with Crippen LogP contribution in [0.1, 0.15) is 23.2 Å². The van der Waals surface area contributed by atoms with Crippen LogP contribution < -0.4 is 16.4 Å². The minimum Gasteiger partial charge on any atom is -0.454 e. The Bertz CT molecular complexity index is 629. The van der Waals surface area contributed by atoms with Crippen LogP contribution in [0.3, 0.4) is 0 Å². The average molecular weight is 305 g/mol. The number of carbonyl (C=O) groups is 4. The molecule has 0 saturated carbocycles. The van der Waals surface area contributed by atoms with Gasteiger partial charge in [0, 0.05) is 6.42 Å². The zero-order valence-corrected chi connectivity index (χ0v) is 11.6. The predicted molar refractivity (Wildman–Crippen MR) is 75.7 cm³/mol. The molecular formula is C14H15N3O5. The number of benzene rings is 1. The molecule has 1 unspecified atom stereocenters. The van der Waals surface area contributed by atoms with Crippen LogP contribution in [-0.2, 0) is 19.1 Å². The van der Waals surface area contributed by atoms with E-state index in [-0.39, 0.29) is 23.6 Å². The van der Waals surface area contributed by atoms with Crippen LogP contribution in [0, 0.1) is 0 Å². The molecule has 4 N–H and O–H groups in total. The zero-order chi connectivity index (χ0) is 16.1. The Morgan fingerprint density at radius 1 is 1.32 bits per heavy atom. The van der Waals surface area contributed by atoms with Gasteiger partial charge in [-0.2, -0.15) is 0 Å². The molecule has 116 valence electrons. The van der Waals surface area contributed by atoms with E-state index < -0.39 is 30.4 Å². The van der Waals surface area contributed by atoms with Crippen LogP contribution in [0.15, 0.2) is 24.3 Å². The standard InChI is InChI=1S/C14H15N3O5/c15-13(20)8-3-1-2-4-9(8)16-12(19)7-22-14(21)10-5-6-11(18)17-10/h1-4,10H,5-7H2,(H2,15,20)(H,16,19)(H,17,18). The van der Waals surface area contributed by atoms with Gasteiger partial charge < -0.3 is 21.1 Å². The first-order valence-corrected chi connectivity index (χ1v) is 6.62. The monoisotopic (exact) mass is 305 g/mol.